The molecule has 2 aromatic rings. The molecule has 1 aromatic heterocycles. The highest BCUT2D eigenvalue weighted by molar-refractivity contribution is 8.18. The molecule has 26 heavy (non-hydrogen) atoms. The number of alkyl halides is 3. The minimum absolute atomic E-state index is 0.108. The topological polar surface area (TPSA) is 42.3 Å². The molecule has 4 nitrogen and oxygen atoms in total. The highest BCUT2D eigenvalue weighted by Gasteiger charge is 2.34. The molecule has 0 bridgehead atoms. The van der Waals surface area contributed by atoms with E-state index in [1.54, 1.807) is 18.3 Å². The van der Waals surface area contributed by atoms with Crippen LogP contribution in [0.5, 0.6) is 0 Å². The van der Waals surface area contributed by atoms with Gasteiger partial charge in [-0.15, -0.1) is 6.58 Å². The van der Waals surface area contributed by atoms with E-state index in [-0.39, 0.29) is 11.4 Å². The summed E-state index contributed by atoms with van der Waals surface area (Å²) in [4.78, 5) is 25.4. The number of hydrogen-bond acceptors (Lipinski definition) is 3. The van der Waals surface area contributed by atoms with Gasteiger partial charge in [-0.2, -0.15) is 13.2 Å². The van der Waals surface area contributed by atoms with Gasteiger partial charge in [-0.25, -0.2) is 0 Å². The average Bonchev–Trinajstić information content (AvgIpc) is 3.15. The molecular weight excluding hydrogens is 365 g/mol. The van der Waals surface area contributed by atoms with Crippen LogP contribution in [0.4, 0.5) is 18.0 Å². The number of rotatable bonds is 4. The fourth-order valence-electron chi connectivity index (χ4n) is 2.50. The molecule has 1 aromatic carbocycles. The summed E-state index contributed by atoms with van der Waals surface area (Å²) < 4.78 is 40.3. The van der Waals surface area contributed by atoms with Gasteiger partial charge in [0.05, 0.1) is 10.5 Å². The Morgan fingerprint density at radius 3 is 2.62 bits per heavy atom. The van der Waals surface area contributed by atoms with E-state index in [0.717, 1.165) is 28.8 Å². The Labute approximate surface area is 151 Å². The molecule has 1 aliphatic rings. The fraction of sp³-hybridized carbons (Fsp3) is 0.111. The number of carbonyl (C=O) groups is 2. The van der Waals surface area contributed by atoms with Crippen LogP contribution in [-0.2, 0) is 11.0 Å². The van der Waals surface area contributed by atoms with E-state index in [4.69, 9.17) is 0 Å². The molecule has 2 heterocycles. The van der Waals surface area contributed by atoms with Crippen molar-refractivity contribution in [2.75, 3.05) is 6.54 Å². The van der Waals surface area contributed by atoms with E-state index in [1.165, 1.54) is 28.9 Å². The Morgan fingerprint density at radius 1 is 1.15 bits per heavy atom. The van der Waals surface area contributed by atoms with Crippen LogP contribution < -0.4 is 0 Å². The largest absolute Gasteiger partial charge is 0.416 e. The van der Waals surface area contributed by atoms with Crippen LogP contribution in [0.15, 0.2) is 60.2 Å². The molecule has 1 aliphatic heterocycles. The summed E-state index contributed by atoms with van der Waals surface area (Å²) in [5, 5.41) is -0.404. The summed E-state index contributed by atoms with van der Waals surface area (Å²) in [7, 11) is 0. The Bertz CT molecular complexity index is 915. The van der Waals surface area contributed by atoms with Gasteiger partial charge in [0.25, 0.3) is 11.1 Å². The van der Waals surface area contributed by atoms with E-state index in [2.05, 4.69) is 6.58 Å². The fourth-order valence-corrected chi connectivity index (χ4v) is 3.33. The number of carbonyl (C=O) groups excluding carboxylic acids is 2. The Balaban J connectivity index is 1.97. The smallest absolute Gasteiger partial charge is 0.317 e. The van der Waals surface area contributed by atoms with Gasteiger partial charge < -0.3 is 4.57 Å². The number of thioether (sulfide) groups is 1. The van der Waals surface area contributed by atoms with Crippen molar-refractivity contribution in [1.29, 1.82) is 0 Å². The quantitative estimate of drug-likeness (QED) is 0.571. The lowest BCUT2D eigenvalue weighted by atomic mass is 10.2. The second-order valence-electron chi connectivity index (χ2n) is 5.43. The standard InChI is InChI=1S/C18H13F3N2O2S/c1-2-8-23-16(24)15(26-17(23)25)11-14-7-4-9-22(14)13-6-3-5-12(10-13)18(19,20)21/h2-7,9-11H,1,8H2. The highest BCUT2D eigenvalue weighted by atomic mass is 32.2. The van der Waals surface area contributed by atoms with Gasteiger partial charge >= 0.3 is 6.18 Å². The third-order valence-electron chi connectivity index (χ3n) is 3.70. The molecule has 1 fully saturated rings. The maximum atomic E-state index is 12.9. The molecule has 0 radical (unpaired) electrons. The lowest BCUT2D eigenvalue weighted by Gasteiger charge is -2.11. The van der Waals surface area contributed by atoms with E-state index in [0.29, 0.717) is 11.4 Å². The van der Waals surface area contributed by atoms with Crippen LogP contribution in [0.25, 0.3) is 11.8 Å². The van der Waals surface area contributed by atoms with Gasteiger partial charge in [0.1, 0.15) is 0 Å². The number of benzene rings is 1. The number of halogens is 3. The lowest BCUT2D eigenvalue weighted by molar-refractivity contribution is -0.137. The Kier molecular flexibility index (Phi) is 4.78. The molecule has 0 unspecified atom stereocenters. The zero-order chi connectivity index (χ0) is 18.9. The number of amides is 2. The van der Waals surface area contributed by atoms with E-state index in [9.17, 15) is 22.8 Å². The van der Waals surface area contributed by atoms with Crippen LogP contribution in [0.3, 0.4) is 0 Å². The molecule has 134 valence electrons. The molecule has 0 aliphatic carbocycles. The second-order valence-corrected chi connectivity index (χ2v) is 6.43. The van der Waals surface area contributed by atoms with E-state index < -0.39 is 22.9 Å². The molecule has 0 spiro atoms. The van der Waals surface area contributed by atoms with Gasteiger partial charge in [0.2, 0.25) is 0 Å². The molecule has 2 amide bonds. The van der Waals surface area contributed by atoms with Gasteiger partial charge in [-0.3, -0.25) is 14.5 Å². The molecule has 0 atom stereocenters. The maximum absolute atomic E-state index is 12.9. The first-order valence-corrected chi connectivity index (χ1v) is 8.34. The summed E-state index contributed by atoms with van der Waals surface area (Å²) >= 11 is 0.789. The van der Waals surface area contributed by atoms with Gasteiger partial charge in [0.15, 0.2) is 0 Å². The maximum Gasteiger partial charge on any atom is 0.416 e. The van der Waals surface area contributed by atoms with Crippen molar-refractivity contribution in [3.8, 4) is 5.69 Å². The summed E-state index contributed by atoms with van der Waals surface area (Å²) in [6.07, 6.45) is 0.0882. The van der Waals surface area contributed by atoms with Gasteiger partial charge in [-0.1, -0.05) is 12.1 Å². The minimum atomic E-state index is -4.45. The normalized spacial score (nSPS) is 16.6. The van der Waals surface area contributed by atoms with Crippen molar-refractivity contribution in [1.82, 2.24) is 9.47 Å². The first kappa shape index (κ1) is 18.1. The predicted molar refractivity (Wildman–Crippen MR) is 93.6 cm³/mol. The predicted octanol–water partition coefficient (Wildman–Crippen LogP) is 4.72. The van der Waals surface area contributed by atoms with Crippen molar-refractivity contribution in [3.05, 3.63) is 71.4 Å². The zero-order valence-electron chi connectivity index (χ0n) is 13.4. The van der Waals surface area contributed by atoms with Crippen molar-refractivity contribution >= 4 is 29.0 Å². The first-order chi connectivity index (χ1) is 12.3. The number of aromatic nitrogens is 1. The summed E-state index contributed by atoms with van der Waals surface area (Å²) in [5.74, 6) is -0.448. The van der Waals surface area contributed by atoms with Gasteiger partial charge in [0, 0.05) is 24.1 Å². The molecule has 1 saturated heterocycles. The molecule has 0 saturated carbocycles. The first-order valence-electron chi connectivity index (χ1n) is 7.52. The Hall–Kier alpha value is -2.74. The number of imide groups is 1. The van der Waals surface area contributed by atoms with Crippen LogP contribution in [0.2, 0.25) is 0 Å². The average molecular weight is 378 g/mol. The van der Waals surface area contributed by atoms with Crippen molar-refractivity contribution in [2.24, 2.45) is 0 Å². The Morgan fingerprint density at radius 2 is 1.92 bits per heavy atom. The monoisotopic (exact) mass is 378 g/mol. The number of nitrogens with zero attached hydrogens (tertiary/aromatic N) is 2. The van der Waals surface area contributed by atoms with Crippen molar-refractivity contribution in [2.45, 2.75) is 6.18 Å². The highest BCUT2D eigenvalue weighted by Crippen LogP contribution is 2.33. The summed E-state index contributed by atoms with van der Waals surface area (Å²) in [6, 6.07) is 8.19. The third kappa shape index (κ3) is 3.45. The molecular formula is C18H13F3N2O2S. The second kappa shape index (κ2) is 6.87. The van der Waals surface area contributed by atoms with E-state index >= 15 is 0 Å². The minimum Gasteiger partial charge on any atom is -0.317 e. The van der Waals surface area contributed by atoms with Crippen LogP contribution >= 0.6 is 11.8 Å². The summed E-state index contributed by atoms with van der Waals surface area (Å²) in [6.45, 7) is 3.61. The third-order valence-corrected chi connectivity index (χ3v) is 4.60. The van der Waals surface area contributed by atoms with Crippen LogP contribution in [0, 0.1) is 0 Å². The van der Waals surface area contributed by atoms with Crippen molar-refractivity contribution < 1.29 is 22.8 Å². The molecule has 0 N–H and O–H groups in total. The van der Waals surface area contributed by atoms with Crippen LogP contribution in [-0.4, -0.2) is 27.2 Å². The molecule has 8 heteroatoms. The van der Waals surface area contributed by atoms with E-state index in [1.807, 2.05) is 0 Å². The lowest BCUT2D eigenvalue weighted by Crippen LogP contribution is -2.27. The molecule has 3 rings (SSSR count). The van der Waals surface area contributed by atoms with Crippen molar-refractivity contribution in [3.63, 3.8) is 0 Å². The van der Waals surface area contributed by atoms with Crippen LogP contribution in [0.1, 0.15) is 11.3 Å². The summed E-state index contributed by atoms with van der Waals surface area (Å²) in [5.41, 5.74) is 0.0378. The number of hydrogen-bond donors (Lipinski definition) is 0. The SMILES string of the molecule is C=CCN1C(=O)SC(=Cc2cccn2-c2cccc(C(F)(F)F)c2)C1=O. The zero-order valence-corrected chi connectivity index (χ0v) is 14.2. The van der Waals surface area contributed by atoms with Gasteiger partial charge in [-0.05, 0) is 48.2 Å².